The molecule has 0 spiro atoms. The Kier molecular flexibility index (Phi) is 5.72. The minimum atomic E-state index is -0.137. The molecule has 1 unspecified atom stereocenters. The van der Waals surface area contributed by atoms with Gasteiger partial charge in [-0.1, -0.05) is 13.8 Å². The van der Waals surface area contributed by atoms with Crippen molar-refractivity contribution in [2.45, 2.75) is 39.7 Å². The van der Waals surface area contributed by atoms with Crippen LogP contribution in [0.15, 0.2) is 0 Å². The van der Waals surface area contributed by atoms with Crippen LogP contribution in [-0.4, -0.2) is 18.6 Å². The van der Waals surface area contributed by atoms with E-state index in [2.05, 4.69) is 0 Å². The first kappa shape index (κ1) is 11.4. The summed E-state index contributed by atoms with van der Waals surface area (Å²) in [6.07, 6.45) is 1.16. The number of hydrogen-bond donors (Lipinski definition) is 1. The molecule has 0 saturated heterocycles. The fourth-order valence-electron chi connectivity index (χ4n) is 0.649. The highest BCUT2D eigenvalue weighted by atomic mass is 16.5. The van der Waals surface area contributed by atoms with Crippen molar-refractivity contribution >= 4 is 5.97 Å². The Balaban J connectivity index is 3.54. The van der Waals surface area contributed by atoms with Gasteiger partial charge in [-0.2, -0.15) is 0 Å². The number of rotatable bonds is 5. The van der Waals surface area contributed by atoms with E-state index in [0.29, 0.717) is 25.3 Å². The first-order valence-electron chi connectivity index (χ1n) is 4.47. The lowest BCUT2D eigenvalue weighted by Crippen LogP contribution is -2.20. The predicted octanol–water partition coefficient (Wildman–Crippen LogP) is 1.31. The van der Waals surface area contributed by atoms with Crippen LogP contribution < -0.4 is 5.73 Å². The van der Waals surface area contributed by atoms with Crippen LogP contribution in [0.3, 0.4) is 0 Å². The van der Waals surface area contributed by atoms with Gasteiger partial charge < -0.3 is 10.5 Å². The molecule has 0 aliphatic rings. The summed E-state index contributed by atoms with van der Waals surface area (Å²) in [7, 11) is 0. The Morgan fingerprint density at radius 2 is 2.00 bits per heavy atom. The molecule has 72 valence electrons. The van der Waals surface area contributed by atoms with E-state index in [1.807, 2.05) is 20.8 Å². The zero-order chi connectivity index (χ0) is 9.56. The van der Waals surface area contributed by atoms with Gasteiger partial charge in [0.15, 0.2) is 0 Å². The summed E-state index contributed by atoms with van der Waals surface area (Å²) in [6.45, 7) is 6.51. The van der Waals surface area contributed by atoms with E-state index in [1.165, 1.54) is 0 Å². The number of hydrogen-bond acceptors (Lipinski definition) is 3. The maximum atomic E-state index is 11.0. The van der Waals surface area contributed by atoms with Crippen LogP contribution in [0, 0.1) is 5.92 Å². The standard InChI is InChI=1S/C9H19NO2/c1-7(2)8(3)12-9(11)5-4-6-10/h7-8H,4-6,10H2,1-3H3. The molecular formula is C9H19NO2. The molecule has 2 N–H and O–H groups in total. The molecule has 0 aromatic carbocycles. The predicted molar refractivity (Wildman–Crippen MR) is 48.7 cm³/mol. The number of esters is 1. The Bertz CT molecular complexity index is 134. The lowest BCUT2D eigenvalue weighted by molar-refractivity contribution is -0.150. The van der Waals surface area contributed by atoms with Crippen LogP contribution in [0.25, 0.3) is 0 Å². The second-order valence-electron chi connectivity index (χ2n) is 3.33. The van der Waals surface area contributed by atoms with E-state index in [-0.39, 0.29) is 12.1 Å². The highest BCUT2D eigenvalue weighted by Gasteiger charge is 2.11. The molecule has 0 aliphatic carbocycles. The lowest BCUT2D eigenvalue weighted by Gasteiger charge is -2.16. The molecule has 0 rings (SSSR count). The molecule has 0 saturated carbocycles. The van der Waals surface area contributed by atoms with Crippen molar-refractivity contribution in [2.24, 2.45) is 11.7 Å². The van der Waals surface area contributed by atoms with E-state index in [0.717, 1.165) is 0 Å². The Hall–Kier alpha value is -0.570. The Labute approximate surface area is 74.3 Å². The molecule has 0 fully saturated rings. The van der Waals surface area contributed by atoms with Crippen molar-refractivity contribution in [1.29, 1.82) is 0 Å². The molecule has 0 amide bonds. The van der Waals surface area contributed by atoms with Gasteiger partial charge in [0, 0.05) is 6.42 Å². The molecule has 0 heterocycles. The second kappa shape index (κ2) is 6.00. The first-order valence-corrected chi connectivity index (χ1v) is 4.47. The molecule has 12 heavy (non-hydrogen) atoms. The molecule has 0 aliphatic heterocycles. The molecule has 1 atom stereocenters. The SMILES string of the molecule is CC(C)C(C)OC(=O)CCCN. The third-order valence-electron chi connectivity index (χ3n) is 1.84. The smallest absolute Gasteiger partial charge is 0.306 e. The number of carbonyl (C=O) groups is 1. The monoisotopic (exact) mass is 173 g/mol. The van der Waals surface area contributed by atoms with Gasteiger partial charge in [-0.25, -0.2) is 0 Å². The lowest BCUT2D eigenvalue weighted by atomic mass is 10.1. The molecule has 0 radical (unpaired) electrons. The van der Waals surface area contributed by atoms with E-state index in [9.17, 15) is 4.79 Å². The summed E-state index contributed by atoms with van der Waals surface area (Å²) in [5.74, 6) is 0.244. The zero-order valence-electron chi connectivity index (χ0n) is 8.17. The summed E-state index contributed by atoms with van der Waals surface area (Å²) in [4.78, 5) is 11.0. The molecule has 3 nitrogen and oxygen atoms in total. The second-order valence-corrected chi connectivity index (χ2v) is 3.33. The number of ether oxygens (including phenoxy) is 1. The van der Waals surface area contributed by atoms with Gasteiger partial charge in [0.2, 0.25) is 0 Å². The summed E-state index contributed by atoms with van der Waals surface area (Å²) in [5, 5.41) is 0. The van der Waals surface area contributed by atoms with Crippen LogP contribution in [-0.2, 0) is 9.53 Å². The van der Waals surface area contributed by atoms with Crippen molar-refractivity contribution in [3.8, 4) is 0 Å². The van der Waals surface area contributed by atoms with Gasteiger partial charge in [-0.3, -0.25) is 4.79 Å². The Morgan fingerprint density at radius 3 is 2.42 bits per heavy atom. The fraction of sp³-hybridized carbons (Fsp3) is 0.889. The molecule has 3 heteroatoms. The van der Waals surface area contributed by atoms with Crippen molar-refractivity contribution in [3.05, 3.63) is 0 Å². The van der Waals surface area contributed by atoms with Crippen molar-refractivity contribution < 1.29 is 9.53 Å². The van der Waals surface area contributed by atoms with E-state index >= 15 is 0 Å². The highest BCUT2D eigenvalue weighted by Crippen LogP contribution is 2.06. The number of nitrogens with two attached hydrogens (primary N) is 1. The van der Waals surface area contributed by atoms with Crippen LogP contribution in [0.1, 0.15) is 33.6 Å². The molecule has 0 bridgehead atoms. The molecule has 0 aromatic heterocycles. The maximum Gasteiger partial charge on any atom is 0.306 e. The van der Waals surface area contributed by atoms with Gasteiger partial charge in [-0.05, 0) is 25.8 Å². The molecular weight excluding hydrogens is 154 g/mol. The van der Waals surface area contributed by atoms with Crippen molar-refractivity contribution in [1.82, 2.24) is 0 Å². The van der Waals surface area contributed by atoms with Crippen LogP contribution >= 0.6 is 0 Å². The third-order valence-corrected chi connectivity index (χ3v) is 1.84. The van der Waals surface area contributed by atoms with E-state index in [1.54, 1.807) is 0 Å². The highest BCUT2D eigenvalue weighted by molar-refractivity contribution is 5.69. The summed E-state index contributed by atoms with van der Waals surface area (Å²) in [5.41, 5.74) is 5.26. The maximum absolute atomic E-state index is 11.0. The zero-order valence-corrected chi connectivity index (χ0v) is 8.17. The summed E-state index contributed by atoms with van der Waals surface area (Å²) < 4.78 is 5.12. The fourth-order valence-corrected chi connectivity index (χ4v) is 0.649. The van der Waals surface area contributed by atoms with Crippen molar-refractivity contribution in [2.75, 3.05) is 6.54 Å². The Morgan fingerprint density at radius 1 is 1.42 bits per heavy atom. The van der Waals surface area contributed by atoms with E-state index < -0.39 is 0 Å². The number of carbonyl (C=O) groups excluding carboxylic acids is 1. The van der Waals surface area contributed by atoms with Gasteiger partial charge >= 0.3 is 5.97 Å². The third kappa shape index (κ3) is 5.13. The van der Waals surface area contributed by atoms with Gasteiger partial charge in [0.25, 0.3) is 0 Å². The average Bonchev–Trinajstić information content (AvgIpc) is 2.00. The topological polar surface area (TPSA) is 52.3 Å². The van der Waals surface area contributed by atoms with Gasteiger partial charge in [0.05, 0.1) is 0 Å². The van der Waals surface area contributed by atoms with Gasteiger partial charge in [-0.15, -0.1) is 0 Å². The minimum absolute atomic E-state index is 0.00951. The molecule has 0 aromatic rings. The quantitative estimate of drug-likeness (QED) is 0.638. The summed E-state index contributed by atoms with van der Waals surface area (Å²) in [6, 6.07) is 0. The average molecular weight is 173 g/mol. The van der Waals surface area contributed by atoms with Crippen LogP contribution in [0.5, 0.6) is 0 Å². The normalized spacial score (nSPS) is 13.1. The van der Waals surface area contributed by atoms with Crippen LogP contribution in [0.2, 0.25) is 0 Å². The van der Waals surface area contributed by atoms with Gasteiger partial charge in [0.1, 0.15) is 6.10 Å². The van der Waals surface area contributed by atoms with Crippen molar-refractivity contribution in [3.63, 3.8) is 0 Å². The van der Waals surface area contributed by atoms with Crippen LogP contribution in [0.4, 0.5) is 0 Å². The first-order chi connectivity index (χ1) is 5.57. The minimum Gasteiger partial charge on any atom is -0.462 e. The van der Waals surface area contributed by atoms with E-state index in [4.69, 9.17) is 10.5 Å². The largest absolute Gasteiger partial charge is 0.462 e. The summed E-state index contributed by atoms with van der Waals surface area (Å²) >= 11 is 0.